The number of carbonyl (C=O) groups excluding carboxylic acids is 14. The number of phenols is 1. The van der Waals surface area contributed by atoms with Crippen LogP contribution in [0.3, 0.4) is 0 Å². The first-order valence-electron chi connectivity index (χ1n) is 36.0. The molecular formula is C68H97N23O20S2. The van der Waals surface area contributed by atoms with Gasteiger partial charge in [0.2, 0.25) is 76.8 Å². The van der Waals surface area contributed by atoms with Gasteiger partial charge in [0.15, 0.2) is 5.96 Å². The van der Waals surface area contributed by atoms with Crippen LogP contribution in [0.5, 0.6) is 5.75 Å². The van der Waals surface area contributed by atoms with E-state index in [1.54, 1.807) is 24.3 Å². The molecule has 43 nitrogen and oxygen atoms in total. The van der Waals surface area contributed by atoms with Gasteiger partial charge in [-0.15, -0.1) is 5.10 Å². The van der Waals surface area contributed by atoms with Gasteiger partial charge in [-0.2, -0.15) is 25.3 Å². The van der Waals surface area contributed by atoms with E-state index in [2.05, 4.69) is 110 Å². The summed E-state index contributed by atoms with van der Waals surface area (Å²) >= 11 is 8.49. The zero-order valence-electron chi connectivity index (χ0n) is 61.4. The molecule has 3 unspecified atom stereocenters. The van der Waals surface area contributed by atoms with Crippen LogP contribution >= 0.6 is 25.3 Å². The van der Waals surface area contributed by atoms with E-state index >= 15 is 4.79 Å². The number of nitrogens with two attached hydrogens (primary N) is 4. The molecule has 2 aliphatic heterocycles. The van der Waals surface area contributed by atoms with Gasteiger partial charge in [-0.25, -0.2) is 9.59 Å². The van der Waals surface area contributed by atoms with Crippen molar-refractivity contribution in [1.29, 1.82) is 5.41 Å². The molecule has 2 bridgehead atoms. The molecule has 45 heteroatoms. The standard InChI is InChI=1S/C68H97N23O20S2/c1-33(92)54-64(107)84-46(27-53(96)97)65(108)91-23-6-11-50(91)63(106)82-41(9-4-21-74-67(71)72)56(99)86-49(32-113)62(105)78-40(10-5-22-75-68(73)111)55(98)83-45(26-35-29-76-39-8-3-2-7-38(35)39)60(103)79-43(18-19-51(70)94)57(100)81-44(58(101)85-47(66(109)110)25-34-12-15-37(93)16-13-34)20-24-90-30-36(88-89-90)14-17-42(59(102)87-54)80-61(104)48(31-112)77-52(95)28-69/h2-3,7-8,12-13,15-16,29-30,33,40-50,54,76,92-93,112-113H,4-6,9-11,14,17-28,31-32,69H2,1H3,(H2,70,94)(H,77,95)(H,78,105)(H,79,103)(H,80,104)(H,81,100)(H,82,106)(H,83,98)(H,84,107)(H,85,101)(H,86,99)(H,87,102)(H,96,97)(H,109,110)(H4,71,72,74)(H3,73,75,111)/t33-,40+,41+,42+,43+,44-,45+,46+,47+,48?,49?,50?,54+/m1/s1. The number of H-pyrrole nitrogens is 1. The number of guanidine groups is 1. The van der Waals surface area contributed by atoms with E-state index in [-0.39, 0.29) is 101 Å². The highest BCUT2D eigenvalue weighted by molar-refractivity contribution is 7.80. The maximum Gasteiger partial charge on any atom is 0.326 e. The topological polar surface area (TPSA) is 688 Å². The Hall–Kier alpha value is -11.9. The molecule has 1 saturated heterocycles. The maximum atomic E-state index is 15.1. The van der Waals surface area contributed by atoms with Crippen molar-refractivity contribution in [2.75, 3.05) is 37.7 Å². The molecule has 15 amide bonds. The van der Waals surface area contributed by atoms with Crippen LogP contribution in [-0.2, 0) is 97.7 Å². The van der Waals surface area contributed by atoms with Crippen molar-refractivity contribution in [1.82, 2.24) is 94.0 Å². The van der Waals surface area contributed by atoms with Crippen molar-refractivity contribution in [2.24, 2.45) is 22.9 Å². The zero-order valence-corrected chi connectivity index (χ0v) is 63.2. The number of aromatic amines is 1. The third-order valence-electron chi connectivity index (χ3n) is 18.2. The second-order valence-corrected chi connectivity index (χ2v) is 27.5. The highest BCUT2D eigenvalue weighted by Crippen LogP contribution is 2.23. The van der Waals surface area contributed by atoms with Gasteiger partial charge in [-0.1, -0.05) is 35.5 Å². The second kappa shape index (κ2) is 44.2. The number of nitrogens with one attached hydrogen (secondary N) is 15. The number of hydrogen-bond acceptors (Lipinski definition) is 24. The summed E-state index contributed by atoms with van der Waals surface area (Å²) in [7, 11) is 0. The van der Waals surface area contributed by atoms with Gasteiger partial charge in [0.25, 0.3) is 0 Å². The molecule has 4 heterocycles. The molecule has 0 aliphatic carbocycles. The summed E-state index contributed by atoms with van der Waals surface area (Å²) < 4.78 is 1.16. The molecule has 4 aromatic rings. The third-order valence-corrected chi connectivity index (χ3v) is 18.9. The number of urea groups is 1. The lowest BCUT2D eigenvalue weighted by Crippen LogP contribution is -2.62. The van der Waals surface area contributed by atoms with Crippen molar-refractivity contribution >= 4 is 137 Å². The molecule has 1 fully saturated rings. The first-order chi connectivity index (χ1) is 53.7. The molecule has 0 radical (unpaired) electrons. The summed E-state index contributed by atoms with van der Waals surface area (Å²) in [6, 6.07) is -9.42. The number of amides is 15. The Kier molecular flexibility index (Phi) is 35.2. The van der Waals surface area contributed by atoms with Crippen molar-refractivity contribution in [2.45, 2.75) is 182 Å². The number of aliphatic hydroxyl groups excluding tert-OH is 1. The number of carboxylic acid groups (broad SMARTS) is 2. The van der Waals surface area contributed by atoms with E-state index in [0.717, 1.165) is 16.5 Å². The second-order valence-electron chi connectivity index (χ2n) is 26.7. The van der Waals surface area contributed by atoms with E-state index < -0.39 is 224 Å². The number of para-hydroxylation sites is 1. The molecule has 2 aromatic carbocycles. The van der Waals surface area contributed by atoms with E-state index in [4.69, 9.17) is 28.3 Å². The number of primary amides is 2. The minimum atomic E-state index is -2.05. The lowest BCUT2D eigenvalue weighted by Gasteiger charge is -2.31. The van der Waals surface area contributed by atoms with Crippen molar-refractivity contribution in [3.05, 3.63) is 77.7 Å². The molecule has 113 heavy (non-hydrogen) atoms. The van der Waals surface area contributed by atoms with Crippen LogP contribution in [-0.4, -0.2) is 262 Å². The summed E-state index contributed by atoms with van der Waals surface area (Å²) in [5.41, 5.74) is 23.3. The number of aryl methyl sites for hydroxylation is 2. The van der Waals surface area contributed by atoms with Gasteiger partial charge >= 0.3 is 18.0 Å². The van der Waals surface area contributed by atoms with Crippen LogP contribution in [0.15, 0.2) is 60.9 Å². The number of phenolic OH excluding ortho intramolecular Hbond substituents is 1. The number of benzene rings is 2. The first kappa shape index (κ1) is 90.0. The van der Waals surface area contributed by atoms with Crippen LogP contribution in [0.25, 0.3) is 10.9 Å². The van der Waals surface area contributed by atoms with Gasteiger partial charge in [0.05, 0.1) is 24.8 Å². The van der Waals surface area contributed by atoms with Gasteiger partial charge in [0, 0.05) is 80.2 Å². The molecule has 2 aromatic heterocycles. The number of aromatic hydroxyl groups is 1. The lowest BCUT2D eigenvalue weighted by molar-refractivity contribution is -0.146. The smallest absolute Gasteiger partial charge is 0.326 e. The first-order valence-corrected chi connectivity index (χ1v) is 37.2. The number of nitrogens with zero attached hydrogens (tertiary/aromatic N) is 4. The zero-order chi connectivity index (χ0) is 83.2. The number of aliphatic hydroxyl groups is 1. The normalized spacial score (nSPS) is 22.5. The molecule has 0 saturated carbocycles. The number of thiol groups is 2. The summed E-state index contributed by atoms with van der Waals surface area (Å²) in [5.74, 6) is -18.7. The minimum Gasteiger partial charge on any atom is -0.508 e. The Morgan fingerprint density at radius 2 is 1.28 bits per heavy atom. The van der Waals surface area contributed by atoms with Gasteiger partial charge in [-0.3, -0.25) is 77.2 Å². The highest BCUT2D eigenvalue weighted by Gasteiger charge is 2.43. The molecule has 27 N–H and O–H groups in total. The van der Waals surface area contributed by atoms with Crippen molar-refractivity contribution in [3.63, 3.8) is 0 Å². The number of rotatable bonds is 27. The average Bonchev–Trinajstić information content (AvgIpc) is 1.63. The quantitative estimate of drug-likeness (QED) is 0.0114. The van der Waals surface area contributed by atoms with Crippen LogP contribution in [0.2, 0.25) is 0 Å². The fraction of sp³-hybridized carbons (Fsp3) is 0.515. The fourth-order valence-electron chi connectivity index (χ4n) is 12.2. The number of aromatic nitrogens is 4. The molecule has 616 valence electrons. The number of hydrogen-bond donors (Lipinski definition) is 25. The van der Waals surface area contributed by atoms with Gasteiger partial charge in [-0.05, 0) is 100 Å². The van der Waals surface area contributed by atoms with E-state index in [1.165, 1.54) is 36.7 Å². The summed E-state index contributed by atoms with van der Waals surface area (Å²) in [4.78, 5) is 227. The molecular weight excluding hydrogens is 1520 g/mol. The Balaban J connectivity index is 1.47. The van der Waals surface area contributed by atoms with Crippen LogP contribution in [0, 0.1) is 5.41 Å². The van der Waals surface area contributed by atoms with Crippen LogP contribution < -0.4 is 92.1 Å². The predicted octanol–water partition coefficient (Wildman–Crippen LogP) is -7.65. The van der Waals surface area contributed by atoms with Crippen molar-refractivity contribution < 1.29 is 97.1 Å². The Morgan fingerprint density at radius 1 is 0.681 bits per heavy atom. The number of aliphatic carboxylic acids is 2. The molecule has 0 spiro atoms. The summed E-state index contributed by atoms with van der Waals surface area (Å²) in [6.45, 7) is -0.318. The maximum absolute atomic E-state index is 15.1. The van der Waals surface area contributed by atoms with Crippen molar-refractivity contribution in [3.8, 4) is 5.75 Å². The molecule has 6 rings (SSSR count). The van der Waals surface area contributed by atoms with E-state index in [1.807, 2.05) is 0 Å². The van der Waals surface area contributed by atoms with Gasteiger partial charge in [0.1, 0.15) is 78.3 Å². The third kappa shape index (κ3) is 28.4. The summed E-state index contributed by atoms with van der Waals surface area (Å²) in [5, 5.41) is 90.1. The SMILES string of the molecule is C[C@@H](O)[C@@H]1NC(=O)[C@@H](NC(=O)C(CS)NC(=O)CN)CCc2cn(nn2)CC[C@H](C(=O)N[C@@H](Cc2ccc(O)cc2)C(=O)O)NC(=O)[C@H](CCC(N)=O)NC(=O)[C@H](Cc2c[nH]c3ccccc23)NC(=O)[C@H](CCCNC(N)=O)NC(=O)C(CS)NC(=O)[C@H](CCCNC(=N)N)NC(=O)C2CCCN2C(=O)[C@H](CC(=O)O)NC1=O. The molecule has 13 atom stereocenters. The average molecular weight is 1620 g/mol. The van der Waals surface area contributed by atoms with E-state index in [0.29, 0.717) is 22.0 Å². The highest BCUT2D eigenvalue weighted by atomic mass is 32.1. The van der Waals surface area contributed by atoms with Gasteiger partial charge < -0.3 is 122 Å². The number of carbonyl (C=O) groups is 16. The Labute approximate surface area is 656 Å². The van der Waals surface area contributed by atoms with Crippen LogP contribution in [0.1, 0.15) is 94.4 Å². The van der Waals surface area contributed by atoms with Crippen LogP contribution in [0.4, 0.5) is 4.79 Å². The Bertz CT molecular complexity index is 4090. The van der Waals surface area contributed by atoms with E-state index in [9.17, 15) is 92.3 Å². The summed E-state index contributed by atoms with van der Waals surface area (Å²) in [6.07, 6.45) is -3.90. The molecule has 2 aliphatic rings. The monoisotopic (exact) mass is 1620 g/mol. The largest absolute Gasteiger partial charge is 0.508 e. The lowest BCUT2D eigenvalue weighted by atomic mass is 10.0. The number of fused-ring (bicyclic) bond motifs is 4. The minimum absolute atomic E-state index is 0.00218. The fourth-order valence-corrected chi connectivity index (χ4v) is 12.7. The Morgan fingerprint density at radius 3 is 1.89 bits per heavy atom. The predicted molar refractivity (Wildman–Crippen MR) is 405 cm³/mol. The number of carboxylic acids is 2.